The van der Waals surface area contributed by atoms with Crippen LogP contribution >= 0.6 is 11.6 Å². The van der Waals surface area contributed by atoms with Gasteiger partial charge in [-0.1, -0.05) is 17.7 Å². The number of amidine groups is 1. The second-order valence-electron chi connectivity index (χ2n) is 5.39. The van der Waals surface area contributed by atoms with E-state index < -0.39 is 23.2 Å². The Balaban J connectivity index is 1.98. The third-order valence-electron chi connectivity index (χ3n) is 3.86. The topological polar surface area (TPSA) is 41.5 Å². The van der Waals surface area contributed by atoms with Gasteiger partial charge < -0.3 is 5.32 Å². The highest BCUT2D eigenvalue weighted by molar-refractivity contribution is 6.30. The van der Waals surface area contributed by atoms with E-state index in [0.29, 0.717) is 17.0 Å². The molecule has 2 aromatic carbocycles. The molecular weight excluding hydrogens is 341 g/mol. The monoisotopic (exact) mass is 352 g/mol. The van der Waals surface area contributed by atoms with Crippen molar-refractivity contribution in [2.75, 3.05) is 12.4 Å². The number of anilines is 1. The summed E-state index contributed by atoms with van der Waals surface area (Å²) in [6.45, 7) is 0. The zero-order valence-corrected chi connectivity index (χ0v) is 13.3. The van der Waals surface area contributed by atoms with Crippen LogP contribution in [0.25, 0.3) is 0 Å². The van der Waals surface area contributed by atoms with Gasteiger partial charge in [0.05, 0.1) is 10.7 Å². The van der Waals surface area contributed by atoms with Gasteiger partial charge in [-0.3, -0.25) is 9.79 Å². The average Bonchev–Trinajstić information content (AvgIpc) is 2.99. The Morgan fingerprint density at radius 3 is 2.67 bits per heavy atom. The van der Waals surface area contributed by atoms with E-state index in [9.17, 15) is 18.0 Å². The lowest BCUT2D eigenvalue weighted by atomic mass is 9.96. The molecular formula is C17H12ClF3N2O. The molecule has 0 aromatic heterocycles. The van der Waals surface area contributed by atoms with Crippen molar-refractivity contribution in [1.29, 1.82) is 0 Å². The number of aliphatic imine (C=N–C) groups is 1. The first-order chi connectivity index (χ1) is 11.4. The largest absolute Gasteiger partial charge is 0.341 e. The van der Waals surface area contributed by atoms with Crippen molar-refractivity contribution in [3.8, 4) is 0 Å². The molecule has 0 spiro atoms. The highest BCUT2D eigenvalue weighted by atomic mass is 35.5. The SMILES string of the molecule is CN=C1Cc2c(C(=O)Cc3ccc(F)c(Cl)c3)cc(F)c(F)c2N1. The Morgan fingerprint density at radius 2 is 2.00 bits per heavy atom. The lowest BCUT2D eigenvalue weighted by molar-refractivity contribution is 0.0992. The number of hydrogen-bond acceptors (Lipinski definition) is 2. The number of nitrogens with zero attached hydrogens (tertiary/aromatic N) is 1. The molecule has 1 heterocycles. The van der Waals surface area contributed by atoms with Crippen molar-refractivity contribution in [3.05, 3.63) is 63.4 Å². The zero-order chi connectivity index (χ0) is 17.4. The number of ketones is 1. The van der Waals surface area contributed by atoms with Crippen LogP contribution < -0.4 is 5.32 Å². The number of carbonyl (C=O) groups is 1. The van der Waals surface area contributed by atoms with E-state index in [2.05, 4.69) is 10.3 Å². The van der Waals surface area contributed by atoms with Crippen molar-refractivity contribution in [2.45, 2.75) is 12.8 Å². The first kappa shape index (κ1) is 16.5. The van der Waals surface area contributed by atoms with Gasteiger partial charge in [0.25, 0.3) is 0 Å². The summed E-state index contributed by atoms with van der Waals surface area (Å²) >= 11 is 5.70. The smallest absolute Gasteiger partial charge is 0.182 e. The Morgan fingerprint density at radius 1 is 1.25 bits per heavy atom. The molecule has 0 aliphatic carbocycles. The van der Waals surface area contributed by atoms with Crippen molar-refractivity contribution < 1.29 is 18.0 Å². The minimum atomic E-state index is -1.11. The number of fused-ring (bicyclic) bond motifs is 1. The van der Waals surface area contributed by atoms with Gasteiger partial charge in [-0.05, 0) is 29.3 Å². The fraction of sp³-hybridized carbons (Fsp3) is 0.176. The van der Waals surface area contributed by atoms with Gasteiger partial charge in [-0.25, -0.2) is 13.2 Å². The molecule has 0 bridgehead atoms. The predicted molar refractivity (Wildman–Crippen MR) is 86.5 cm³/mol. The van der Waals surface area contributed by atoms with Crippen LogP contribution in [-0.4, -0.2) is 18.7 Å². The predicted octanol–water partition coefficient (Wildman–Crippen LogP) is 4.18. The molecule has 0 amide bonds. The van der Waals surface area contributed by atoms with Gasteiger partial charge in [0.15, 0.2) is 17.4 Å². The molecule has 3 nitrogen and oxygen atoms in total. The lowest BCUT2D eigenvalue weighted by Crippen LogP contribution is -2.09. The standard InChI is InChI=1S/C17H12ClF3N2O/c1-22-15-7-10-9(6-13(20)16(21)17(10)23-15)14(24)5-8-2-3-12(19)11(18)4-8/h2-4,6H,5,7H2,1H3,(H,22,23). The molecule has 1 N–H and O–H groups in total. The second-order valence-corrected chi connectivity index (χ2v) is 5.80. The summed E-state index contributed by atoms with van der Waals surface area (Å²) in [5, 5.41) is 2.58. The van der Waals surface area contributed by atoms with Crippen LogP contribution in [0.15, 0.2) is 29.3 Å². The van der Waals surface area contributed by atoms with E-state index in [-0.39, 0.29) is 29.1 Å². The Bertz CT molecular complexity index is 881. The maximum Gasteiger partial charge on any atom is 0.182 e. The van der Waals surface area contributed by atoms with Gasteiger partial charge in [0.2, 0.25) is 0 Å². The fourth-order valence-corrected chi connectivity index (χ4v) is 2.85. The molecule has 3 rings (SSSR count). The summed E-state index contributed by atoms with van der Waals surface area (Å²) in [4.78, 5) is 16.5. The molecule has 0 unspecified atom stereocenters. The van der Waals surface area contributed by atoms with Crippen LogP contribution in [0.2, 0.25) is 5.02 Å². The molecule has 0 atom stereocenters. The molecule has 0 saturated carbocycles. The lowest BCUT2D eigenvalue weighted by Gasteiger charge is -2.09. The van der Waals surface area contributed by atoms with Crippen LogP contribution in [0.1, 0.15) is 21.5 Å². The molecule has 0 fully saturated rings. The van der Waals surface area contributed by atoms with Gasteiger partial charge >= 0.3 is 0 Å². The number of Topliss-reactive ketones (excluding diaryl/α,β-unsaturated/α-hetero) is 1. The third kappa shape index (κ3) is 2.89. The van der Waals surface area contributed by atoms with Crippen LogP contribution in [0.3, 0.4) is 0 Å². The molecule has 0 saturated heterocycles. The van der Waals surface area contributed by atoms with E-state index in [1.54, 1.807) is 0 Å². The van der Waals surface area contributed by atoms with Crippen LogP contribution in [0, 0.1) is 17.5 Å². The van der Waals surface area contributed by atoms with E-state index >= 15 is 0 Å². The summed E-state index contributed by atoms with van der Waals surface area (Å²) in [5.74, 6) is -2.70. The molecule has 7 heteroatoms. The molecule has 0 radical (unpaired) electrons. The van der Waals surface area contributed by atoms with Gasteiger partial charge in [0, 0.05) is 25.5 Å². The number of halogens is 4. The normalized spacial score (nSPS) is 14.6. The zero-order valence-electron chi connectivity index (χ0n) is 12.6. The van der Waals surface area contributed by atoms with Gasteiger partial charge in [-0.15, -0.1) is 0 Å². The Hall–Kier alpha value is -2.34. The van der Waals surface area contributed by atoms with Crippen molar-refractivity contribution in [1.82, 2.24) is 0 Å². The van der Waals surface area contributed by atoms with E-state index in [1.165, 1.54) is 19.2 Å². The first-order valence-corrected chi connectivity index (χ1v) is 7.49. The molecule has 1 aliphatic rings. The second kappa shape index (κ2) is 6.28. The summed E-state index contributed by atoms with van der Waals surface area (Å²) in [7, 11) is 1.52. The Kier molecular flexibility index (Phi) is 4.32. The van der Waals surface area contributed by atoms with Crippen molar-refractivity contribution >= 4 is 28.9 Å². The number of carbonyl (C=O) groups excluding carboxylic acids is 1. The molecule has 24 heavy (non-hydrogen) atoms. The van der Waals surface area contributed by atoms with Crippen molar-refractivity contribution in [2.24, 2.45) is 4.99 Å². The quantitative estimate of drug-likeness (QED) is 0.842. The minimum absolute atomic E-state index is 0.0592. The maximum absolute atomic E-state index is 13.9. The average molecular weight is 353 g/mol. The molecule has 124 valence electrons. The van der Waals surface area contributed by atoms with Crippen LogP contribution in [0.4, 0.5) is 18.9 Å². The first-order valence-electron chi connectivity index (χ1n) is 7.11. The van der Waals surface area contributed by atoms with E-state index in [1.807, 2.05) is 0 Å². The van der Waals surface area contributed by atoms with Crippen molar-refractivity contribution in [3.63, 3.8) is 0 Å². The maximum atomic E-state index is 13.9. The summed E-state index contributed by atoms with van der Waals surface area (Å²) in [6.07, 6.45) is 0.115. The summed E-state index contributed by atoms with van der Waals surface area (Å²) in [6, 6.07) is 4.81. The van der Waals surface area contributed by atoms with E-state index in [4.69, 9.17) is 11.6 Å². The Labute approximate surface area is 141 Å². The highest BCUT2D eigenvalue weighted by Gasteiger charge is 2.28. The highest BCUT2D eigenvalue weighted by Crippen LogP contribution is 2.32. The number of hydrogen-bond donors (Lipinski definition) is 1. The molecule has 2 aromatic rings. The summed E-state index contributed by atoms with van der Waals surface area (Å²) < 4.78 is 40.9. The summed E-state index contributed by atoms with van der Waals surface area (Å²) in [5.41, 5.74) is 0.875. The van der Waals surface area contributed by atoms with Crippen LogP contribution in [-0.2, 0) is 12.8 Å². The van der Waals surface area contributed by atoms with Gasteiger partial charge in [-0.2, -0.15) is 0 Å². The number of nitrogens with one attached hydrogen (secondary N) is 1. The number of rotatable bonds is 3. The van der Waals surface area contributed by atoms with Crippen LogP contribution in [0.5, 0.6) is 0 Å². The third-order valence-corrected chi connectivity index (χ3v) is 4.15. The number of benzene rings is 2. The fourth-order valence-electron chi connectivity index (χ4n) is 2.65. The van der Waals surface area contributed by atoms with Gasteiger partial charge in [0.1, 0.15) is 11.7 Å². The van der Waals surface area contributed by atoms with E-state index in [0.717, 1.165) is 12.1 Å². The molecule has 1 aliphatic heterocycles. The minimum Gasteiger partial charge on any atom is -0.341 e.